The van der Waals surface area contributed by atoms with E-state index < -0.39 is 0 Å². The third-order valence-corrected chi connectivity index (χ3v) is 5.57. The van der Waals surface area contributed by atoms with Gasteiger partial charge in [-0.25, -0.2) is 9.97 Å². The van der Waals surface area contributed by atoms with Crippen LogP contribution in [0.25, 0.3) is 0 Å². The number of nitrogens with one attached hydrogen (secondary N) is 2. The van der Waals surface area contributed by atoms with Crippen LogP contribution >= 0.6 is 23.2 Å². The molecule has 0 radical (unpaired) electrons. The average molecular weight is 533 g/mol. The number of nitrogens with zero attached hydrogens (tertiary/aromatic N) is 2. The number of rotatable bonds is 11. The van der Waals surface area contributed by atoms with Crippen LogP contribution in [0.2, 0.25) is 10.0 Å². The van der Waals surface area contributed by atoms with Crippen LogP contribution in [-0.4, -0.2) is 36.2 Å². The van der Waals surface area contributed by atoms with Gasteiger partial charge in [0.1, 0.15) is 29.5 Å². The van der Waals surface area contributed by atoms with Crippen molar-refractivity contribution in [3.05, 3.63) is 64.9 Å². The molecule has 2 aromatic carbocycles. The highest BCUT2D eigenvalue weighted by atomic mass is 35.5. The number of carbonyl (C=O) groups is 1. The summed E-state index contributed by atoms with van der Waals surface area (Å²) < 4.78 is 22.2. The van der Waals surface area contributed by atoms with E-state index in [1.165, 1.54) is 32.7 Å². The Morgan fingerprint density at radius 1 is 1.08 bits per heavy atom. The van der Waals surface area contributed by atoms with E-state index in [1.54, 1.807) is 24.3 Å². The Labute approximate surface area is 219 Å². The predicted octanol–water partition coefficient (Wildman–Crippen LogP) is 6.03. The summed E-state index contributed by atoms with van der Waals surface area (Å²) in [6.07, 6.45) is 4.06. The third-order valence-electron chi connectivity index (χ3n) is 4.74. The molecule has 1 amide bonds. The molecular weight excluding hydrogens is 507 g/mol. The van der Waals surface area contributed by atoms with E-state index in [0.717, 1.165) is 0 Å². The zero-order valence-electron chi connectivity index (χ0n) is 20.2. The van der Waals surface area contributed by atoms with Gasteiger partial charge in [-0.05, 0) is 32.1 Å². The van der Waals surface area contributed by atoms with Crippen molar-refractivity contribution in [2.75, 3.05) is 24.9 Å². The van der Waals surface area contributed by atoms with E-state index in [4.69, 9.17) is 42.1 Å². The van der Waals surface area contributed by atoms with Crippen LogP contribution in [0.15, 0.2) is 49.3 Å². The summed E-state index contributed by atoms with van der Waals surface area (Å²) in [5, 5.41) is 6.48. The second-order valence-electron chi connectivity index (χ2n) is 7.58. The van der Waals surface area contributed by atoms with Crippen LogP contribution in [0, 0.1) is 0 Å². The third kappa shape index (κ3) is 6.50. The van der Waals surface area contributed by atoms with Crippen LogP contribution in [0.5, 0.6) is 23.0 Å². The molecule has 36 heavy (non-hydrogen) atoms. The number of amides is 1. The van der Waals surface area contributed by atoms with E-state index in [-0.39, 0.29) is 24.6 Å². The lowest BCUT2D eigenvalue weighted by atomic mass is 10.2. The van der Waals surface area contributed by atoms with Crippen LogP contribution in [-0.2, 0) is 11.4 Å². The lowest BCUT2D eigenvalue weighted by Crippen LogP contribution is -2.12. The van der Waals surface area contributed by atoms with Gasteiger partial charge < -0.3 is 29.6 Å². The first-order chi connectivity index (χ1) is 17.3. The van der Waals surface area contributed by atoms with Crippen LogP contribution < -0.4 is 29.6 Å². The van der Waals surface area contributed by atoms with Crippen molar-refractivity contribution in [3.8, 4) is 23.0 Å². The topological polar surface area (TPSA) is 104 Å². The molecular formula is C25H26Cl2N4O5. The molecule has 3 rings (SSSR count). The molecule has 11 heteroatoms. The van der Waals surface area contributed by atoms with Crippen molar-refractivity contribution in [2.45, 2.75) is 26.6 Å². The second kappa shape index (κ2) is 12.3. The van der Waals surface area contributed by atoms with Gasteiger partial charge in [-0.3, -0.25) is 4.79 Å². The maximum Gasteiger partial charge on any atom is 0.247 e. The van der Waals surface area contributed by atoms with Gasteiger partial charge in [-0.2, -0.15) is 0 Å². The molecule has 0 spiro atoms. The molecule has 2 N–H and O–H groups in total. The van der Waals surface area contributed by atoms with Crippen LogP contribution in [0.1, 0.15) is 19.4 Å². The maximum absolute atomic E-state index is 11.9. The summed E-state index contributed by atoms with van der Waals surface area (Å²) in [5.41, 5.74) is 1.48. The Bertz CT molecular complexity index is 1210. The highest BCUT2D eigenvalue weighted by molar-refractivity contribution is 6.37. The Kier molecular flexibility index (Phi) is 9.21. The molecule has 1 heterocycles. The first-order valence-corrected chi connectivity index (χ1v) is 11.6. The summed E-state index contributed by atoms with van der Waals surface area (Å²) in [6.45, 7) is 7.32. The van der Waals surface area contributed by atoms with Crippen molar-refractivity contribution < 1.29 is 23.7 Å². The summed E-state index contributed by atoms with van der Waals surface area (Å²) in [4.78, 5) is 20.5. The molecule has 0 bridgehead atoms. The molecule has 0 unspecified atom stereocenters. The molecule has 0 fully saturated rings. The first-order valence-electron chi connectivity index (χ1n) is 10.8. The van der Waals surface area contributed by atoms with Gasteiger partial charge in [-0.1, -0.05) is 35.8 Å². The number of anilines is 3. The number of hydrogen-bond acceptors (Lipinski definition) is 8. The number of benzene rings is 2. The van der Waals surface area contributed by atoms with Crippen LogP contribution in [0.4, 0.5) is 17.3 Å². The van der Waals surface area contributed by atoms with Crippen molar-refractivity contribution in [2.24, 2.45) is 0 Å². The smallest absolute Gasteiger partial charge is 0.247 e. The Hall–Kier alpha value is -3.69. The number of halogens is 2. The van der Waals surface area contributed by atoms with E-state index in [0.29, 0.717) is 50.0 Å². The molecule has 0 aliphatic rings. The summed E-state index contributed by atoms with van der Waals surface area (Å²) in [7, 11) is 2.99. The van der Waals surface area contributed by atoms with Gasteiger partial charge in [0, 0.05) is 11.6 Å². The molecule has 0 aliphatic carbocycles. The first kappa shape index (κ1) is 26.9. The van der Waals surface area contributed by atoms with Gasteiger partial charge in [0.15, 0.2) is 5.75 Å². The van der Waals surface area contributed by atoms with Crippen molar-refractivity contribution in [1.29, 1.82) is 0 Å². The van der Waals surface area contributed by atoms with Gasteiger partial charge >= 0.3 is 0 Å². The zero-order chi connectivity index (χ0) is 26.2. The fourth-order valence-corrected chi connectivity index (χ4v) is 3.70. The fourth-order valence-electron chi connectivity index (χ4n) is 3.09. The second-order valence-corrected chi connectivity index (χ2v) is 8.34. The maximum atomic E-state index is 11.9. The number of para-hydroxylation sites is 1. The predicted molar refractivity (Wildman–Crippen MR) is 140 cm³/mol. The quantitative estimate of drug-likeness (QED) is 0.288. The van der Waals surface area contributed by atoms with Crippen molar-refractivity contribution >= 4 is 46.4 Å². The van der Waals surface area contributed by atoms with Gasteiger partial charge in [0.25, 0.3) is 0 Å². The standard InChI is InChI=1S/C25H26Cl2N4O5/c1-6-21(32)30-17-8-7-9-18(36-14(2)3)24(17)31-25-28-11-15(12-29-25)35-13-16-22(26)19(33-4)10-20(34-5)23(16)27/h6-12,14H,1,13H2,2-5H3,(H,30,32)(H,28,29,31). The van der Waals surface area contributed by atoms with Crippen LogP contribution in [0.3, 0.4) is 0 Å². The fraction of sp³-hybridized carbons (Fsp3) is 0.240. The number of aromatic nitrogens is 2. The number of methoxy groups -OCH3 is 2. The lowest BCUT2D eigenvalue weighted by molar-refractivity contribution is -0.111. The largest absolute Gasteiger partial charge is 0.495 e. The Morgan fingerprint density at radius 3 is 2.28 bits per heavy atom. The van der Waals surface area contributed by atoms with E-state index >= 15 is 0 Å². The highest BCUT2D eigenvalue weighted by Gasteiger charge is 2.18. The number of carbonyl (C=O) groups excluding carboxylic acids is 1. The average Bonchev–Trinajstić information content (AvgIpc) is 2.86. The molecule has 9 nitrogen and oxygen atoms in total. The van der Waals surface area contributed by atoms with E-state index in [1.807, 2.05) is 13.8 Å². The SMILES string of the molecule is C=CC(=O)Nc1cccc(OC(C)C)c1Nc1ncc(OCc2c(Cl)c(OC)cc(OC)c2Cl)cn1. The lowest BCUT2D eigenvalue weighted by Gasteiger charge is -2.18. The van der Waals surface area contributed by atoms with Crippen molar-refractivity contribution in [1.82, 2.24) is 9.97 Å². The highest BCUT2D eigenvalue weighted by Crippen LogP contribution is 2.41. The number of hydrogen-bond donors (Lipinski definition) is 2. The normalized spacial score (nSPS) is 10.5. The van der Waals surface area contributed by atoms with Gasteiger partial charge in [-0.15, -0.1) is 0 Å². The minimum Gasteiger partial charge on any atom is -0.495 e. The minimum atomic E-state index is -0.365. The Morgan fingerprint density at radius 2 is 1.72 bits per heavy atom. The molecule has 0 saturated heterocycles. The monoisotopic (exact) mass is 532 g/mol. The summed E-state index contributed by atoms with van der Waals surface area (Å²) in [6, 6.07) is 6.87. The number of ether oxygens (including phenoxy) is 4. The molecule has 3 aromatic rings. The molecule has 190 valence electrons. The van der Waals surface area contributed by atoms with Gasteiger partial charge in [0.05, 0.1) is 48.4 Å². The van der Waals surface area contributed by atoms with E-state index in [9.17, 15) is 4.79 Å². The summed E-state index contributed by atoms with van der Waals surface area (Å²) >= 11 is 12.8. The molecule has 0 saturated carbocycles. The summed E-state index contributed by atoms with van der Waals surface area (Å²) in [5.74, 6) is 1.61. The molecule has 1 aromatic heterocycles. The van der Waals surface area contributed by atoms with Crippen molar-refractivity contribution in [3.63, 3.8) is 0 Å². The zero-order valence-corrected chi connectivity index (χ0v) is 21.7. The minimum absolute atomic E-state index is 0.0319. The molecule has 0 atom stereocenters. The Balaban J connectivity index is 1.81. The van der Waals surface area contributed by atoms with Gasteiger partial charge in [0.2, 0.25) is 11.9 Å². The molecule has 0 aliphatic heterocycles. The van der Waals surface area contributed by atoms with E-state index in [2.05, 4.69) is 27.2 Å².